The minimum absolute atomic E-state index is 0.103. The van der Waals surface area contributed by atoms with Crippen molar-refractivity contribution in [1.82, 2.24) is 9.62 Å². The van der Waals surface area contributed by atoms with E-state index in [9.17, 15) is 13.2 Å². The molecule has 2 aliphatic heterocycles. The molecule has 1 fully saturated rings. The molecule has 2 aromatic rings. The highest BCUT2D eigenvalue weighted by Gasteiger charge is 2.40. The molecular formula is C25H31ClN2O4S. The number of carbonyl (C=O) groups excluding carboxylic acids is 1. The topological polar surface area (TPSA) is 75.7 Å². The molecule has 0 aliphatic carbocycles. The molecule has 178 valence electrons. The molecule has 2 aromatic carbocycles. The van der Waals surface area contributed by atoms with Gasteiger partial charge in [-0.15, -0.1) is 0 Å². The fraction of sp³-hybridized carbons (Fsp3) is 0.480. The molecule has 33 heavy (non-hydrogen) atoms. The third-order valence-corrected chi connectivity index (χ3v) is 9.14. The predicted molar refractivity (Wildman–Crippen MR) is 129 cm³/mol. The van der Waals surface area contributed by atoms with Crippen LogP contribution >= 0.6 is 11.6 Å². The van der Waals surface area contributed by atoms with E-state index >= 15 is 0 Å². The number of nitrogens with zero attached hydrogens (tertiary/aromatic N) is 1. The zero-order valence-electron chi connectivity index (χ0n) is 19.1. The van der Waals surface area contributed by atoms with Gasteiger partial charge in [-0.25, -0.2) is 8.42 Å². The van der Waals surface area contributed by atoms with Gasteiger partial charge in [0, 0.05) is 30.1 Å². The van der Waals surface area contributed by atoms with Crippen LogP contribution in [-0.4, -0.2) is 37.3 Å². The van der Waals surface area contributed by atoms with Crippen molar-refractivity contribution >= 4 is 27.5 Å². The molecule has 2 aliphatic rings. The van der Waals surface area contributed by atoms with Gasteiger partial charge < -0.3 is 10.1 Å². The Morgan fingerprint density at radius 2 is 1.85 bits per heavy atom. The minimum Gasteiger partial charge on any atom is -0.487 e. The van der Waals surface area contributed by atoms with Gasteiger partial charge in [-0.1, -0.05) is 43.6 Å². The Balaban J connectivity index is 1.51. The molecule has 1 amide bonds. The van der Waals surface area contributed by atoms with E-state index < -0.39 is 15.9 Å². The van der Waals surface area contributed by atoms with Crippen molar-refractivity contribution in [2.75, 3.05) is 13.1 Å². The summed E-state index contributed by atoms with van der Waals surface area (Å²) in [5.74, 6) is 0.315. The smallest absolute Gasteiger partial charge is 0.243 e. The van der Waals surface area contributed by atoms with Gasteiger partial charge in [0.1, 0.15) is 11.4 Å². The Kier molecular flexibility index (Phi) is 7.03. The van der Waals surface area contributed by atoms with Crippen LogP contribution in [-0.2, 0) is 14.8 Å². The van der Waals surface area contributed by atoms with Crippen LogP contribution in [0.5, 0.6) is 5.75 Å². The largest absolute Gasteiger partial charge is 0.487 e. The summed E-state index contributed by atoms with van der Waals surface area (Å²) in [5.41, 5.74) is 0.660. The van der Waals surface area contributed by atoms with Gasteiger partial charge >= 0.3 is 0 Å². The van der Waals surface area contributed by atoms with E-state index in [-0.39, 0.29) is 29.0 Å². The quantitative estimate of drug-likeness (QED) is 0.622. The lowest BCUT2D eigenvalue weighted by Crippen LogP contribution is -2.49. The zero-order valence-corrected chi connectivity index (χ0v) is 20.7. The molecular weight excluding hydrogens is 460 g/mol. The Hall–Kier alpha value is -2.09. The van der Waals surface area contributed by atoms with Gasteiger partial charge in [-0.05, 0) is 56.0 Å². The van der Waals surface area contributed by atoms with Gasteiger partial charge in [0.25, 0.3) is 0 Å². The number of benzene rings is 2. The second kappa shape index (κ2) is 9.65. The van der Waals surface area contributed by atoms with Crippen LogP contribution in [0.2, 0.25) is 5.02 Å². The number of rotatable bonds is 6. The van der Waals surface area contributed by atoms with Crippen molar-refractivity contribution in [3.63, 3.8) is 0 Å². The van der Waals surface area contributed by atoms with Crippen LogP contribution in [0.15, 0.2) is 53.4 Å². The normalized spacial score (nSPS) is 22.8. The van der Waals surface area contributed by atoms with Gasteiger partial charge in [-0.3, -0.25) is 4.79 Å². The van der Waals surface area contributed by atoms with Crippen molar-refractivity contribution in [3.05, 3.63) is 59.1 Å². The van der Waals surface area contributed by atoms with E-state index in [4.69, 9.17) is 16.3 Å². The molecule has 4 rings (SSSR count). The number of carbonyl (C=O) groups is 1. The minimum atomic E-state index is -3.68. The summed E-state index contributed by atoms with van der Waals surface area (Å²) in [6.45, 7) is 4.80. The lowest BCUT2D eigenvalue weighted by atomic mass is 9.83. The molecule has 0 spiro atoms. The first-order valence-electron chi connectivity index (χ1n) is 11.6. The second-order valence-corrected chi connectivity index (χ2v) is 11.3. The maximum absolute atomic E-state index is 13.3. The number of piperidine rings is 1. The summed E-state index contributed by atoms with van der Waals surface area (Å²) in [6.07, 6.45) is 3.70. The standard InChI is InChI=1S/C25H31ClN2O4S/c1-3-25(4-2)16-22(21-9-5-6-10-23(21)32-25)27-24(29)18-8-7-15-28(17-18)33(30,31)20-13-11-19(26)12-14-20/h5-6,9-14,18,22H,3-4,7-8,15-17H2,1-2H3,(H,27,29)/t18-,22+/m0/s1. The molecule has 0 saturated carbocycles. The molecule has 0 unspecified atom stereocenters. The molecule has 0 aromatic heterocycles. The summed E-state index contributed by atoms with van der Waals surface area (Å²) in [5, 5.41) is 3.71. The van der Waals surface area contributed by atoms with Gasteiger partial charge in [0.05, 0.1) is 16.9 Å². The fourth-order valence-electron chi connectivity index (χ4n) is 4.85. The molecule has 6 nitrogen and oxygen atoms in total. The second-order valence-electron chi connectivity index (χ2n) is 8.95. The molecule has 1 saturated heterocycles. The van der Waals surface area contributed by atoms with Crippen LogP contribution in [0.1, 0.15) is 57.6 Å². The van der Waals surface area contributed by atoms with E-state index in [0.29, 0.717) is 30.8 Å². The van der Waals surface area contributed by atoms with Crippen molar-refractivity contribution in [1.29, 1.82) is 0 Å². The first kappa shape index (κ1) is 24.0. The first-order valence-corrected chi connectivity index (χ1v) is 13.4. The average molecular weight is 491 g/mol. The third kappa shape index (κ3) is 4.91. The first-order chi connectivity index (χ1) is 15.8. The summed E-state index contributed by atoms with van der Waals surface area (Å²) in [4.78, 5) is 13.5. The van der Waals surface area contributed by atoms with Crippen molar-refractivity contribution in [2.24, 2.45) is 5.92 Å². The van der Waals surface area contributed by atoms with E-state index in [1.165, 1.54) is 16.4 Å². The lowest BCUT2D eigenvalue weighted by Gasteiger charge is -2.42. The Morgan fingerprint density at radius 3 is 2.55 bits per heavy atom. The lowest BCUT2D eigenvalue weighted by molar-refractivity contribution is -0.127. The van der Waals surface area contributed by atoms with Crippen molar-refractivity contribution in [3.8, 4) is 5.75 Å². The Morgan fingerprint density at radius 1 is 1.15 bits per heavy atom. The Bertz CT molecular complexity index is 1100. The van der Waals surface area contributed by atoms with Gasteiger partial charge in [0.2, 0.25) is 15.9 Å². The fourth-order valence-corrected chi connectivity index (χ4v) is 6.50. The van der Waals surface area contributed by atoms with Crippen LogP contribution in [0.3, 0.4) is 0 Å². The maximum atomic E-state index is 13.3. The highest BCUT2D eigenvalue weighted by molar-refractivity contribution is 7.89. The maximum Gasteiger partial charge on any atom is 0.243 e. The average Bonchev–Trinajstić information content (AvgIpc) is 2.84. The molecule has 8 heteroatoms. The van der Waals surface area contributed by atoms with E-state index in [0.717, 1.165) is 24.2 Å². The van der Waals surface area contributed by atoms with Crippen molar-refractivity contribution < 1.29 is 17.9 Å². The number of sulfonamides is 1. The molecule has 1 N–H and O–H groups in total. The third-order valence-electron chi connectivity index (χ3n) is 7.01. The van der Waals surface area contributed by atoms with E-state index in [1.54, 1.807) is 12.1 Å². The van der Waals surface area contributed by atoms with Crippen LogP contribution < -0.4 is 10.1 Å². The van der Waals surface area contributed by atoms with E-state index in [1.807, 2.05) is 24.3 Å². The summed E-state index contributed by atoms with van der Waals surface area (Å²) in [6, 6.07) is 13.8. The zero-order chi connectivity index (χ0) is 23.6. The van der Waals surface area contributed by atoms with Crippen LogP contribution in [0, 0.1) is 5.92 Å². The molecule has 2 heterocycles. The number of hydrogen-bond donors (Lipinski definition) is 1. The highest BCUT2D eigenvalue weighted by atomic mass is 35.5. The van der Waals surface area contributed by atoms with Crippen LogP contribution in [0.25, 0.3) is 0 Å². The van der Waals surface area contributed by atoms with Gasteiger partial charge in [0.15, 0.2) is 0 Å². The number of nitrogens with one attached hydrogen (secondary N) is 1. The summed E-state index contributed by atoms with van der Waals surface area (Å²) >= 11 is 5.91. The van der Waals surface area contributed by atoms with E-state index in [2.05, 4.69) is 19.2 Å². The monoisotopic (exact) mass is 490 g/mol. The number of para-hydroxylation sites is 1. The number of ether oxygens (including phenoxy) is 1. The van der Waals surface area contributed by atoms with Crippen molar-refractivity contribution in [2.45, 2.75) is 62.5 Å². The summed E-state index contributed by atoms with van der Waals surface area (Å²) < 4.78 is 34.0. The van der Waals surface area contributed by atoms with Crippen LogP contribution in [0.4, 0.5) is 0 Å². The van der Waals surface area contributed by atoms with Gasteiger partial charge in [-0.2, -0.15) is 4.31 Å². The highest BCUT2D eigenvalue weighted by Crippen LogP contribution is 2.42. The number of amides is 1. The molecule has 2 atom stereocenters. The SMILES string of the molecule is CCC1(CC)C[C@@H](NC(=O)[C@H]2CCCN(S(=O)(=O)c3ccc(Cl)cc3)C2)c2ccccc2O1. The number of hydrogen-bond acceptors (Lipinski definition) is 4. The number of halogens is 1. The number of fused-ring (bicyclic) bond motifs is 1. The molecule has 0 radical (unpaired) electrons. The Labute approximate surface area is 201 Å². The summed E-state index contributed by atoms with van der Waals surface area (Å²) in [7, 11) is -3.68. The predicted octanol–water partition coefficient (Wildman–Crippen LogP) is 4.94. The molecule has 0 bridgehead atoms.